The molecular weight excluding hydrogens is 748 g/mol. The number of methoxy groups -OCH3 is 3. The normalized spacial score (nSPS) is 17.2. The summed E-state index contributed by atoms with van der Waals surface area (Å²) in [5, 5.41) is 0.383. The Kier molecular flexibility index (Phi) is 13.2. The van der Waals surface area contributed by atoms with Gasteiger partial charge < -0.3 is 33.2 Å². The van der Waals surface area contributed by atoms with E-state index in [1.807, 2.05) is 37.3 Å². The number of halogens is 1. The number of nitrogens with zero attached hydrogens (tertiary/aromatic N) is 2. The number of sulfone groups is 1. The molecule has 1 saturated heterocycles. The van der Waals surface area contributed by atoms with Crippen molar-refractivity contribution in [1.29, 1.82) is 0 Å². The zero-order valence-corrected chi connectivity index (χ0v) is 33.3. The predicted molar refractivity (Wildman–Crippen MR) is 206 cm³/mol. The van der Waals surface area contributed by atoms with Crippen LogP contribution in [-0.4, -0.2) is 83.4 Å². The van der Waals surface area contributed by atoms with Gasteiger partial charge in [0, 0.05) is 63.0 Å². The number of likely N-dealkylation sites (tertiary alicyclic amines) is 1. The van der Waals surface area contributed by atoms with Crippen LogP contribution < -0.4 is 18.9 Å². The Bertz CT molecular complexity index is 2090. The molecule has 55 heavy (non-hydrogen) atoms. The minimum absolute atomic E-state index is 0.0433. The molecule has 0 N–H and O–H groups in total. The van der Waals surface area contributed by atoms with Crippen LogP contribution in [0.4, 0.5) is 0 Å². The van der Waals surface area contributed by atoms with E-state index in [0.717, 1.165) is 46.9 Å². The summed E-state index contributed by atoms with van der Waals surface area (Å²) in [5.74, 6) is 1.95. The first-order valence-electron chi connectivity index (χ1n) is 18.1. The monoisotopic (exact) mass is 794 g/mol. The SMILES string of the molecule is COC(=O)[C@@H]1CCCCN1Cc1cc(Cl)c(OCc2cccc(-c3ccc4c(c3)OC(CC(OC)OC)CO4)c2C)cc1OCc1cncc(S(C)(=O)=O)c1. The molecular formula is C41H47ClN2O10S. The molecule has 1 fully saturated rings. The smallest absolute Gasteiger partial charge is 0.323 e. The molecule has 0 bridgehead atoms. The quantitative estimate of drug-likeness (QED) is 0.0912. The maximum absolute atomic E-state index is 12.7. The lowest BCUT2D eigenvalue weighted by Gasteiger charge is -2.34. The van der Waals surface area contributed by atoms with Crippen molar-refractivity contribution in [3.63, 3.8) is 0 Å². The van der Waals surface area contributed by atoms with Crippen molar-refractivity contribution in [3.05, 3.63) is 94.3 Å². The molecule has 12 nitrogen and oxygen atoms in total. The molecule has 294 valence electrons. The molecule has 6 rings (SSSR count). The van der Waals surface area contributed by atoms with Gasteiger partial charge in [-0.1, -0.05) is 42.3 Å². The zero-order valence-electron chi connectivity index (χ0n) is 31.7. The number of fused-ring (bicyclic) bond motifs is 1. The van der Waals surface area contributed by atoms with E-state index in [1.54, 1.807) is 38.6 Å². The van der Waals surface area contributed by atoms with Crippen molar-refractivity contribution in [1.82, 2.24) is 9.88 Å². The Labute approximate surface area is 327 Å². The molecule has 1 aromatic heterocycles. The summed E-state index contributed by atoms with van der Waals surface area (Å²) in [4.78, 5) is 19.0. The van der Waals surface area contributed by atoms with Gasteiger partial charge in [0.2, 0.25) is 0 Å². The second kappa shape index (κ2) is 18.0. The third-order valence-corrected chi connectivity index (χ3v) is 11.3. The molecule has 0 radical (unpaired) electrons. The lowest BCUT2D eigenvalue weighted by molar-refractivity contribution is -0.148. The summed E-state index contributed by atoms with van der Waals surface area (Å²) in [7, 11) is 1.13. The minimum Gasteiger partial charge on any atom is -0.488 e. The first kappa shape index (κ1) is 40.3. The Morgan fingerprint density at radius 1 is 0.964 bits per heavy atom. The molecule has 0 aliphatic carbocycles. The average Bonchev–Trinajstić information content (AvgIpc) is 3.19. The van der Waals surface area contributed by atoms with Crippen LogP contribution in [0.2, 0.25) is 5.02 Å². The van der Waals surface area contributed by atoms with E-state index in [-0.39, 0.29) is 36.2 Å². The maximum Gasteiger partial charge on any atom is 0.323 e. The van der Waals surface area contributed by atoms with Gasteiger partial charge in [0.15, 0.2) is 27.6 Å². The lowest BCUT2D eigenvalue weighted by atomic mass is 9.96. The Hall–Kier alpha value is -4.40. The summed E-state index contributed by atoms with van der Waals surface area (Å²) in [6.45, 7) is 3.80. The highest BCUT2D eigenvalue weighted by molar-refractivity contribution is 7.90. The highest BCUT2D eigenvalue weighted by Gasteiger charge is 2.31. The Morgan fingerprint density at radius 3 is 2.53 bits per heavy atom. The highest BCUT2D eigenvalue weighted by Crippen LogP contribution is 2.39. The van der Waals surface area contributed by atoms with Crippen molar-refractivity contribution >= 4 is 27.4 Å². The number of rotatable bonds is 15. The van der Waals surface area contributed by atoms with Gasteiger partial charge in [-0.3, -0.25) is 14.7 Å². The summed E-state index contributed by atoms with van der Waals surface area (Å²) in [6.07, 6.45) is 6.48. The van der Waals surface area contributed by atoms with Gasteiger partial charge >= 0.3 is 5.97 Å². The van der Waals surface area contributed by atoms with Crippen LogP contribution in [0.25, 0.3) is 11.1 Å². The fourth-order valence-electron chi connectivity index (χ4n) is 6.86. The third-order valence-electron chi connectivity index (χ3n) is 9.95. The van der Waals surface area contributed by atoms with E-state index in [9.17, 15) is 13.2 Å². The van der Waals surface area contributed by atoms with Gasteiger partial charge in [-0.25, -0.2) is 8.42 Å². The molecule has 2 atom stereocenters. The number of aromatic nitrogens is 1. The third kappa shape index (κ3) is 9.89. The number of hydrogen-bond acceptors (Lipinski definition) is 12. The molecule has 0 saturated carbocycles. The van der Waals surface area contributed by atoms with Crippen LogP contribution in [0.15, 0.2) is 71.9 Å². The first-order valence-corrected chi connectivity index (χ1v) is 20.4. The van der Waals surface area contributed by atoms with Crippen LogP contribution in [0, 0.1) is 6.92 Å². The van der Waals surface area contributed by atoms with Crippen molar-refractivity contribution in [3.8, 4) is 34.1 Å². The lowest BCUT2D eigenvalue weighted by Crippen LogP contribution is -2.44. The van der Waals surface area contributed by atoms with E-state index in [4.69, 9.17) is 44.8 Å². The van der Waals surface area contributed by atoms with Gasteiger partial charge in [-0.15, -0.1) is 0 Å². The van der Waals surface area contributed by atoms with Gasteiger partial charge in [-0.2, -0.15) is 0 Å². The summed E-state index contributed by atoms with van der Waals surface area (Å²) in [6, 6.07) is 16.7. The summed E-state index contributed by atoms with van der Waals surface area (Å²) < 4.78 is 65.2. The molecule has 3 heterocycles. The average molecular weight is 795 g/mol. The van der Waals surface area contributed by atoms with Crippen molar-refractivity contribution in [2.75, 3.05) is 40.7 Å². The topological polar surface area (TPSA) is 132 Å². The second-order valence-electron chi connectivity index (χ2n) is 13.7. The fourth-order valence-corrected chi connectivity index (χ4v) is 7.72. The number of pyridine rings is 1. The van der Waals surface area contributed by atoms with Crippen molar-refractivity contribution in [2.24, 2.45) is 0 Å². The standard InChI is InChI=1S/C41H47ClN2O10S/c1-26-29(9-8-10-33(26)28-12-13-36-39(17-28)54-31(25-53-36)18-40(48-2)49-3)24-52-38-19-37(51-23-27-15-32(21-43-20-27)55(5,46)47)30(16-34(38)42)22-44-14-7-6-11-35(44)41(45)50-4/h8-10,12-13,15-17,19-21,31,35,40H,6-7,11,14,18,22-25H2,1-5H3/t31?,35-/m0/s1. The van der Waals surface area contributed by atoms with E-state index >= 15 is 0 Å². The van der Waals surface area contributed by atoms with Gasteiger partial charge in [0.05, 0.1) is 17.0 Å². The van der Waals surface area contributed by atoms with Crippen LogP contribution in [-0.2, 0) is 48.6 Å². The van der Waals surface area contributed by atoms with Gasteiger partial charge in [0.25, 0.3) is 0 Å². The molecule has 0 spiro atoms. The number of esters is 1. The van der Waals surface area contributed by atoms with Crippen molar-refractivity contribution < 1.29 is 46.4 Å². The number of benzene rings is 3. The number of carbonyl (C=O) groups is 1. The van der Waals surface area contributed by atoms with E-state index in [0.29, 0.717) is 66.1 Å². The second-order valence-corrected chi connectivity index (χ2v) is 16.1. The van der Waals surface area contributed by atoms with Crippen LogP contribution >= 0.6 is 11.6 Å². The molecule has 14 heteroatoms. The zero-order chi connectivity index (χ0) is 39.1. The van der Waals surface area contributed by atoms with E-state index in [1.165, 1.54) is 13.3 Å². The summed E-state index contributed by atoms with van der Waals surface area (Å²) in [5.41, 5.74) is 5.28. The van der Waals surface area contributed by atoms with E-state index < -0.39 is 16.1 Å². The molecule has 1 unspecified atom stereocenters. The van der Waals surface area contributed by atoms with Gasteiger partial charge in [0.1, 0.15) is 43.5 Å². The molecule has 4 aromatic rings. The number of carbonyl (C=O) groups excluding carboxylic acids is 1. The van der Waals surface area contributed by atoms with Crippen molar-refractivity contribution in [2.45, 2.75) is 75.7 Å². The predicted octanol–water partition coefficient (Wildman–Crippen LogP) is 6.95. The fraction of sp³-hybridized carbons (Fsp3) is 0.415. The Morgan fingerprint density at radius 2 is 1.76 bits per heavy atom. The van der Waals surface area contributed by atoms with Crippen LogP contribution in [0.1, 0.15) is 47.9 Å². The Balaban J connectivity index is 1.24. The highest BCUT2D eigenvalue weighted by atomic mass is 35.5. The number of hydrogen-bond donors (Lipinski definition) is 0. The molecule has 3 aromatic carbocycles. The largest absolute Gasteiger partial charge is 0.488 e. The minimum atomic E-state index is -3.46. The molecule has 0 amide bonds. The van der Waals surface area contributed by atoms with E-state index in [2.05, 4.69) is 16.0 Å². The number of piperidine rings is 1. The van der Waals surface area contributed by atoms with Gasteiger partial charge in [-0.05, 0) is 72.8 Å². The van der Waals surface area contributed by atoms with Crippen LogP contribution in [0.3, 0.4) is 0 Å². The maximum atomic E-state index is 12.7. The summed E-state index contributed by atoms with van der Waals surface area (Å²) >= 11 is 6.89. The molecule has 2 aliphatic rings. The first-order chi connectivity index (χ1) is 26.5. The van der Waals surface area contributed by atoms with Crippen LogP contribution in [0.5, 0.6) is 23.0 Å². The molecule has 2 aliphatic heterocycles. The number of ether oxygens (including phenoxy) is 7.